The van der Waals surface area contributed by atoms with E-state index in [1.807, 2.05) is 12.2 Å². The van der Waals surface area contributed by atoms with Crippen LogP contribution in [-0.2, 0) is 17.8 Å². The molecule has 0 radical (unpaired) electrons. The first-order valence-corrected chi connectivity index (χ1v) is 13.3. The van der Waals surface area contributed by atoms with Crippen molar-refractivity contribution in [2.45, 2.75) is 83.1 Å². The minimum absolute atomic E-state index is 0.103. The lowest BCUT2D eigenvalue weighted by Gasteiger charge is -2.26. The summed E-state index contributed by atoms with van der Waals surface area (Å²) in [7, 11) is 0. The molecule has 1 unspecified atom stereocenters. The average molecular weight is 532 g/mol. The molecule has 5 rings (SSSR count). The van der Waals surface area contributed by atoms with E-state index in [2.05, 4.69) is 15.5 Å². The molecule has 3 aromatic rings. The molecule has 12 heteroatoms. The number of hydrogen-bond donors (Lipinski definition) is 2. The Kier molecular flexibility index (Phi) is 7.40. The molecule has 4 heterocycles. The van der Waals surface area contributed by atoms with Crippen LogP contribution in [0.1, 0.15) is 79.8 Å². The summed E-state index contributed by atoms with van der Waals surface area (Å²) in [5.74, 6) is -1.40. The summed E-state index contributed by atoms with van der Waals surface area (Å²) in [6.07, 6.45) is 5.17. The second-order valence-corrected chi connectivity index (χ2v) is 10.3. The summed E-state index contributed by atoms with van der Waals surface area (Å²) >= 11 is 0. The zero-order valence-corrected chi connectivity index (χ0v) is 21.2. The lowest BCUT2D eigenvalue weighted by molar-refractivity contribution is -0.154. The van der Waals surface area contributed by atoms with E-state index in [0.29, 0.717) is 29.3 Å². The Balaban J connectivity index is 1.39. The number of amides is 2. The van der Waals surface area contributed by atoms with E-state index < -0.39 is 24.0 Å². The molecular weight excluding hydrogens is 499 g/mol. The van der Waals surface area contributed by atoms with Crippen LogP contribution in [0.4, 0.5) is 13.2 Å². The third-order valence-corrected chi connectivity index (χ3v) is 7.68. The molecule has 1 saturated carbocycles. The number of fused-ring (bicyclic) bond motifs is 1. The van der Waals surface area contributed by atoms with Crippen molar-refractivity contribution < 1.29 is 22.8 Å². The molecule has 1 aliphatic carbocycles. The predicted octanol–water partition coefficient (Wildman–Crippen LogP) is 4.00. The minimum Gasteiger partial charge on any atom is -0.344 e. The van der Waals surface area contributed by atoms with Crippen LogP contribution >= 0.6 is 0 Å². The van der Waals surface area contributed by atoms with Gasteiger partial charge in [0, 0.05) is 25.1 Å². The first kappa shape index (κ1) is 26.2. The summed E-state index contributed by atoms with van der Waals surface area (Å²) in [6, 6.07) is 3.00. The quantitative estimate of drug-likeness (QED) is 0.449. The molecule has 1 saturated heterocycles. The van der Waals surface area contributed by atoms with Crippen LogP contribution in [0.2, 0.25) is 0 Å². The SMILES string of the molecule is CCn1nccc1C(=O)N[C@H](c1cn2nc(CC3C[C@@H](C(F)(F)F)NC3=O)ccc2n1)C1CCCCCC1. The number of imidazole rings is 1. The van der Waals surface area contributed by atoms with Gasteiger partial charge in [0.05, 0.1) is 23.6 Å². The summed E-state index contributed by atoms with van der Waals surface area (Å²) in [5.41, 5.74) is 2.25. The number of aromatic nitrogens is 5. The van der Waals surface area contributed by atoms with Gasteiger partial charge in [0.25, 0.3) is 5.91 Å². The third-order valence-electron chi connectivity index (χ3n) is 7.68. The van der Waals surface area contributed by atoms with E-state index in [4.69, 9.17) is 4.98 Å². The lowest BCUT2D eigenvalue weighted by atomic mass is 9.90. The average Bonchev–Trinajstić information content (AvgIpc) is 3.56. The van der Waals surface area contributed by atoms with Crippen LogP contribution in [0.5, 0.6) is 0 Å². The molecule has 2 fully saturated rings. The van der Waals surface area contributed by atoms with Crippen molar-refractivity contribution in [3.05, 3.63) is 47.7 Å². The highest BCUT2D eigenvalue weighted by atomic mass is 19.4. The Morgan fingerprint density at radius 3 is 2.63 bits per heavy atom. The summed E-state index contributed by atoms with van der Waals surface area (Å²) < 4.78 is 42.4. The van der Waals surface area contributed by atoms with Gasteiger partial charge in [-0.05, 0) is 50.3 Å². The largest absolute Gasteiger partial charge is 0.408 e. The van der Waals surface area contributed by atoms with Crippen LogP contribution < -0.4 is 10.6 Å². The van der Waals surface area contributed by atoms with Crippen molar-refractivity contribution >= 4 is 17.5 Å². The summed E-state index contributed by atoms with van der Waals surface area (Å²) in [5, 5.41) is 14.0. The molecule has 9 nitrogen and oxygen atoms in total. The standard InChI is InChI=1S/C26H32F3N7O2/c1-2-35-20(11-12-30-35)25(38)33-23(16-7-5-3-4-6-8-16)19-15-36-22(31-19)10-9-18(34-36)13-17-14-21(26(27,28)29)32-24(17)37/h9-12,15-17,21,23H,2-8,13-14H2,1H3,(H,32,37)(H,33,38)/t17?,21-,23-/m0/s1. The van der Waals surface area contributed by atoms with Gasteiger partial charge in [-0.25, -0.2) is 9.50 Å². The summed E-state index contributed by atoms with van der Waals surface area (Å²) in [6.45, 7) is 2.50. The molecule has 0 aromatic carbocycles. The number of nitrogens with one attached hydrogen (secondary N) is 2. The minimum atomic E-state index is -4.46. The zero-order chi connectivity index (χ0) is 26.9. The first-order chi connectivity index (χ1) is 18.2. The first-order valence-electron chi connectivity index (χ1n) is 13.3. The Bertz CT molecular complexity index is 1290. The van der Waals surface area contributed by atoms with Gasteiger partial charge in [0.15, 0.2) is 5.65 Å². The van der Waals surface area contributed by atoms with Crippen LogP contribution in [0.15, 0.2) is 30.6 Å². The number of halogens is 3. The Labute approximate surface area is 218 Å². The highest BCUT2D eigenvalue weighted by molar-refractivity contribution is 5.92. The molecule has 2 amide bonds. The second kappa shape index (κ2) is 10.7. The number of nitrogens with zero attached hydrogens (tertiary/aromatic N) is 5. The lowest BCUT2D eigenvalue weighted by Crippen LogP contribution is -2.38. The van der Waals surface area contributed by atoms with E-state index in [-0.39, 0.29) is 30.7 Å². The maximum absolute atomic E-state index is 13.2. The normalized spacial score (nSPS) is 21.8. The van der Waals surface area contributed by atoms with E-state index in [0.717, 1.165) is 25.7 Å². The van der Waals surface area contributed by atoms with Gasteiger partial charge < -0.3 is 10.6 Å². The van der Waals surface area contributed by atoms with Crippen molar-refractivity contribution in [1.29, 1.82) is 0 Å². The highest BCUT2D eigenvalue weighted by Gasteiger charge is 2.47. The zero-order valence-electron chi connectivity index (χ0n) is 21.2. The molecular formula is C26H32F3N7O2. The Hall–Kier alpha value is -3.44. The number of aryl methyl sites for hydroxylation is 1. The fraction of sp³-hybridized carbons (Fsp3) is 0.577. The highest BCUT2D eigenvalue weighted by Crippen LogP contribution is 2.34. The molecule has 2 N–H and O–H groups in total. The fourth-order valence-corrected chi connectivity index (χ4v) is 5.65. The number of alkyl halides is 3. The Morgan fingerprint density at radius 1 is 1.18 bits per heavy atom. The third kappa shape index (κ3) is 5.53. The van der Waals surface area contributed by atoms with Gasteiger partial charge in [-0.1, -0.05) is 25.7 Å². The van der Waals surface area contributed by atoms with E-state index in [1.54, 1.807) is 39.8 Å². The van der Waals surface area contributed by atoms with E-state index in [9.17, 15) is 22.8 Å². The number of hydrogen-bond acceptors (Lipinski definition) is 5. The van der Waals surface area contributed by atoms with Gasteiger partial charge in [0.1, 0.15) is 11.7 Å². The van der Waals surface area contributed by atoms with Gasteiger partial charge in [0.2, 0.25) is 5.91 Å². The van der Waals surface area contributed by atoms with Crippen molar-refractivity contribution in [2.75, 3.05) is 0 Å². The van der Waals surface area contributed by atoms with Crippen molar-refractivity contribution in [2.24, 2.45) is 11.8 Å². The van der Waals surface area contributed by atoms with Crippen LogP contribution in [-0.4, -0.2) is 48.4 Å². The van der Waals surface area contributed by atoms with Crippen LogP contribution in [0.3, 0.4) is 0 Å². The second-order valence-electron chi connectivity index (χ2n) is 10.3. The van der Waals surface area contributed by atoms with Gasteiger partial charge in [-0.15, -0.1) is 0 Å². The van der Waals surface area contributed by atoms with Crippen molar-refractivity contribution in [3.8, 4) is 0 Å². The maximum Gasteiger partial charge on any atom is 0.408 e. The van der Waals surface area contributed by atoms with Gasteiger partial charge in [-0.2, -0.15) is 23.4 Å². The molecule has 2 aliphatic rings. The molecule has 204 valence electrons. The number of carbonyl (C=O) groups excluding carboxylic acids is 2. The Morgan fingerprint density at radius 2 is 1.95 bits per heavy atom. The van der Waals surface area contributed by atoms with E-state index in [1.165, 1.54) is 12.8 Å². The fourth-order valence-electron chi connectivity index (χ4n) is 5.65. The monoisotopic (exact) mass is 531 g/mol. The number of carbonyl (C=O) groups is 2. The van der Waals surface area contributed by atoms with E-state index >= 15 is 0 Å². The van der Waals surface area contributed by atoms with Gasteiger partial charge >= 0.3 is 6.18 Å². The molecule has 0 bridgehead atoms. The molecule has 0 spiro atoms. The molecule has 3 aromatic heterocycles. The summed E-state index contributed by atoms with van der Waals surface area (Å²) in [4.78, 5) is 30.1. The van der Waals surface area contributed by atoms with Crippen LogP contribution in [0.25, 0.3) is 5.65 Å². The topological polar surface area (TPSA) is 106 Å². The number of rotatable bonds is 7. The maximum atomic E-state index is 13.2. The molecule has 1 aliphatic heterocycles. The predicted molar refractivity (Wildman–Crippen MR) is 132 cm³/mol. The van der Waals surface area contributed by atoms with Gasteiger partial charge in [-0.3, -0.25) is 14.3 Å². The van der Waals surface area contributed by atoms with Crippen LogP contribution in [0, 0.1) is 11.8 Å². The van der Waals surface area contributed by atoms with Crippen molar-refractivity contribution in [1.82, 2.24) is 35.0 Å². The van der Waals surface area contributed by atoms with Crippen molar-refractivity contribution in [3.63, 3.8) is 0 Å². The smallest absolute Gasteiger partial charge is 0.344 e. The molecule has 38 heavy (non-hydrogen) atoms. The molecule has 3 atom stereocenters.